The molecule has 0 amide bonds. The fourth-order valence-corrected chi connectivity index (χ4v) is 2.58. The molecule has 0 aromatic rings. The minimum absolute atomic E-state index is 0.104. The molecular formula is C13H24O2. The first-order chi connectivity index (χ1) is 7.18. The summed E-state index contributed by atoms with van der Waals surface area (Å²) in [5.74, 6) is -0.104. The number of ether oxygens (including phenoxy) is 1. The minimum atomic E-state index is -0.113. The maximum atomic E-state index is 11.2. The van der Waals surface area contributed by atoms with Gasteiger partial charge in [-0.1, -0.05) is 26.2 Å². The quantitative estimate of drug-likeness (QED) is 0.523. The Balaban J connectivity index is 2.59. The predicted octanol–water partition coefficient (Wildman–Crippen LogP) is 3.83. The second-order valence-electron chi connectivity index (χ2n) is 4.79. The van der Waals surface area contributed by atoms with Gasteiger partial charge in [0.05, 0.1) is 0 Å². The summed E-state index contributed by atoms with van der Waals surface area (Å²) in [4.78, 5) is 11.2. The summed E-state index contributed by atoms with van der Waals surface area (Å²) >= 11 is 0. The van der Waals surface area contributed by atoms with Gasteiger partial charge in [0.15, 0.2) is 0 Å². The third-order valence-electron chi connectivity index (χ3n) is 3.36. The van der Waals surface area contributed by atoms with Gasteiger partial charge in [0.2, 0.25) is 0 Å². The Hall–Kier alpha value is -0.530. The van der Waals surface area contributed by atoms with Crippen LogP contribution in [0.25, 0.3) is 0 Å². The Morgan fingerprint density at radius 1 is 1.20 bits per heavy atom. The zero-order chi connectivity index (χ0) is 11.1. The number of unbranched alkanes of at least 4 members (excludes halogenated alkanes) is 1. The molecule has 0 N–H and O–H groups in total. The van der Waals surface area contributed by atoms with E-state index in [9.17, 15) is 4.79 Å². The largest absolute Gasteiger partial charge is 0.459 e. The lowest BCUT2D eigenvalue weighted by Crippen LogP contribution is -2.33. The summed E-state index contributed by atoms with van der Waals surface area (Å²) in [5.41, 5.74) is -0.113. The van der Waals surface area contributed by atoms with Gasteiger partial charge < -0.3 is 4.74 Å². The lowest BCUT2D eigenvalue weighted by Gasteiger charge is -2.32. The van der Waals surface area contributed by atoms with Crippen molar-refractivity contribution in [2.45, 2.75) is 77.2 Å². The summed E-state index contributed by atoms with van der Waals surface area (Å²) < 4.78 is 5.62. The van der Waals surface area contributed by atoms with Gasteiger partial charge in [-0.3, -0.25) is 4.79 Å². The van der Waals surface area contributed by atoms with Crippen molar-refractivity contribution >= 4 is 5.97 Å². The zero-order valence-corrected chi connectivity index (χ0v) is 10.2. The van der Waals surface area contributed by atoms with Crippen LogP contribution in [0.5, 0.6) is 0 Å². The van der Waals surface area contributed by atoms with Crippen LogP contribution in [0.4, 0.5) is 0 Å². The molecule has 0 unspecified atom stereocenters. The third-order valence-corrected chi connectivity index (χ3v) is 3.36. The number of hydrogen-bond acceptors (Lipinski definition) is 2. The number of hydrogen-bond donors (Lipinski definition) is 0. The van der Waals surface area contributed by atoms with Crippen LogP contribution in [0.1, 0.15) is 71.6 Å². The highest BCUT2D eigenvalue weighted by atomic mass is 16.6. The van der Waals surface area contributed by atoms with Gasteiger partial charge in [-0.25, -0.2) is 0 Å². The van der Waals surface area contributed by atoms with Gasteiger partial charge in [0, 0.05) is 6.92 Å². The van der Waals surface area contributed by atoms with Crippen molar-refractivity contribution in [3.63, 3.8) is 0 Å². The number of rotatable bonds is 4. The van der Waals surface area contributed by atoms with Crippen LogP contribution in [0.2, 0.25) is 0 Å². The number of esters is 1. The topological polar surface area (TPSA) is 26.3 Å². The molecule has 15 heavy (non-hydrogen) atoms. The summed E-state index contributed by atoms with van der Waals surface area (Å²) in [6.07, 6.45) is 10.6. The molecule has 1 aliphatic carbocycles. The molecule has 0 radical (unpaired) electrons. The summed E-state index contributed by atoms with van der Waals surface area (Å²) in [7, 11) is 0. The standard InChI is InChI=1S/C13H24O2/c1-3-4-9-13(15-12(2)14)10-7-5-6-8-11-13/h3-11H2,1-2H3. The van der Waals surface area contributed by atoms with Gasteiger partial charge in [-0.2, -0.15) is 0 Å². The molecule has 1 aliphatic rings. The van der Waals surface area contributed by atoms with E-state index in [1.807, 2.05) is 0 Å². The van der Waals surface area contributed by atoms with Crippen LogP contribution in [0.3, 0.4) is 0 Å². The summed E-state index contributed by atoms with van der Waals surface area (Å²) in [6, 6.07) is 0. The van der Waals surface area contributed by atoms with Gasteiger partial charge in [0.25, 0.3) is 0 Å². The van der Waals surface area contributed by atoms with E-state index >= 15 is 0 Å². The molecule has 0 saturated heterocycles. The molecule has 2 heteroatoms. The Morgan fingerprint density at radius 2 is 1.80 bits per heavy atom. The Kier molecular flexibility index (Phi) is 5.13. The lowest BCUT2D eigenvalue weighted by atomic mass is 9.88. The van der Waals surface area contributed by atoms with E-state index in [-0.39, 0.29) is 11.6 Å². The van der Waals surface area contributed by atoms with E-state index in [2.05, 4.69) is 6.92 Å². The second kappa shape index (κ2) is 6.14. The molecule has 88 valence electrons. The molecule has 1 rings (SSSR count). The van der Waals surface area contributed by atoms with Crippen molar-refractivity contribution in [2.24, 2.45) is 0 Å². The minimum Gasteiger partial charge on any atom is -0.459 e. The van der Waals surface area contributed by atoms with Crippen molar-refractivity contribution in [3.05, 3.63) is 0 Å². The monoisotopic (exact) mass is 212 g/mol. The molecule has 0 aromatic heterocycles. The Labute approximate surface area is 93.4 Å². The van der Waals surface area contributed by atoms with Gasteiger partial charge in [-0.15, -0.1) is 0 Å². The molecule has 0 heterocycles. The first kappa shape index (κ1) is 12.5. The maximum absolute atomic E-state index is 11.2. The van der Waals surface area contributed by atoms with Crippen molar-refractivity contribution in [1.82, 2.24) is 0 Å². The van der Waals surface area contributed by atoms with Crippen molar-refractivity contribution in [1.29, 1.82) is 0 Å². The van der Waals surface area contributed by atoms with Crippen LogP contribution in [0.15, 0.2) is 0 Å². The number of carbonyl (C=O) groups is 1. The van der Waals surface area contributed by atoms with Crippen LogP contribution >= 0.6 is 0 Å². The van der Waals surface area contributed by atoms with Crippen molar-refractivity contribution in [3.8, 4) is 0 Å². The van der Waals surface area contributed by atoms with Crippen molar-refractivity contribution in [2.75, 3.05) is 0 Å². The normalized spacial score (nSPS) is 20.7. The molecule has 2 nitrogen and oxygen atoms in total. The van der Waals surface area contributed by atoms with Crippen LogP contribution in [-0.2, 0) is 9.53 Å². The van der Waals surface area contributed by atoms with Crippen LogP contribution < -0.4 is 0 Å². The fourth-order valence-electron chi connectivity index (χ4n) is 2.58. The average molecular weight is 212 g/mol. The average Bonchev–Trinajstić information content (AvgIpc) is 2.40. The molecule has 1 fully saturated rings. The number of carbonyl (C=O) groups excluding carboxylic acids is 1. The Bertz CT molecular complexity index is 191. The van der Waals surface area contributed by atoms with Gasteiger partial charge in [0.1, 0.15) is 5.60 Å². The summed E-state index contributed by atoms with van der Waals surface area (Å²) in [6.45, 7) is 3.73. The molecular weight excluding hydrogens is 188 g/mol. The van der Waals surface area contributed by atoms with E-state index < -0.39 is 0 Å². The maximum Gasteiger partial charge on any atom is 0.303 e. The molecule has 0 bridgehead atoms. The molecule has 0 spiro atoms. The highest BCUT2D eigenvalue weighted by Gasteiger charge is 2.33. The smallest absolute Gasteiger partial charge is 0.303 e. The van der Waals surface area contributed by atoms with Crippen LogP contribution in [0, 0.1) is 0 Å². The molecule has 1 saturated carbocycles. The fraction of sp³-hybridized carbons (Fsp3) is 0.923. The lowest BCUT2D eigenvalue weighted by molar-refractivity contribution is -0.159. The van der Waals surface area contributed by atoms with Crippen molar-refractivity contribution < 1.29 is 9.53 Å². The molecule has 0 aromatic carbocycles. The predicted molar refractivity (Wildman–Crippen MR) is 61.7 cm³/mol. The highest BCUT2D eigenvalue weighted by Crippen LogP contribution is 2.34. The summed E-state index contributed by atoms with van der Waals surface area (Å²) in [5, 5.41) is 0. The van der Waals surface area contributed by atoms with E-state index in [4.69, 9.17) is 4.74 Å². The highest BCUT2D eigenvalue weighted by molar-refractivity contribution is 5.66. The molecule has 0 aliphatic heterocycles. The first-order valence-corrected chi connectivity index (χ1v) is 6.38. The zero-order valence-electron chi connectivity index (χ0n) is 10.2. The van der Waals surface area contributed by atoms with Gasteiger partial charge in [-0.05, 0) is 38.5 Å². The second-order valence-corrected chi connectivity index (χ2v) is 4.79. The van der Waals surface area contributed by atoms with Crippen LogP contribution in [-0.4, -0.2) is 11.6 Å². The molecule has 0 atom stereocenters. The van der Waals surface area contributed by atoms with Gasteiger partial charge >= 0.3 is 5.97 Å². The van der Waals surface area contributed by atoms with E-state index in [1.54, 1.807) is 6.92 Å². The SMILES string of the molecule is CCCCC1(OC(C)=O)CCCCCC1. The van der Waals surface area contributed by atoms with E-state index in [0.29, 0.717) is 0 Å². The Morgan fingerprint density at radius 3 is 2.27 bits per heavy atom. The van der Waals surface area contributed by atoms with E-state index in [0.717, 1.165) is 19.3 Å². The third kappa shape index (κ3) is 4.23. The first-order valence-electron chi connectivity index (χ1n) is 6.38. The van der Waals surface area contributed by atoms with E-state index in [1.165, 1.54) is 38.5 Å².